The zero-order valence-corrected chi connectivity index (χ0v) is 9.73. The van der Waals surface area contributed by atoms with Gasteiger partial charge in [0.25, 0.3) is 0 Å². The van der Waals surface area contributed by atoms with Crippen molar-refractivity contribution >= 4 is 10.0 Å². The van der Waals surface area contributed by atoms with Gasteiger partial charge in [-0.1, -0.05) is 50.5 Å². The molecule has 0 bridgehead atoms. The van der Waals surface area contributed by atoms with Crippen LogP contribution in [0.3, 0.4) is 0 Å². The third-order valence-electron chi connectivity index (χ3n) is 2.04. The zero-order valence-electron chi connectivity index (χ0n) is 8.92. The Bertz CT molecular complexity index is 232. The number of hydrogen-bond donors (Lipinski definition) is 0. The first-order valence-corrected chi connectivity index (χ1v) is 7.03. The Kier molecular flexibility index (Phi) is 5.56. The summed E-state index contributed by atoms with van der Waals surface area (Å²) in [6, 6.07) is 0. The molecule has 0 spiro atoms. The Morgan fingerprint density at radius 3 is 2.23 bits per heavy atom. The highest BCUT2D eigenvalue weighted by atomic mass is 32.3. The van der Waals surface area contributed by atoms with Gasteiger partial charge in [0, 0.05) is 0 Å². The molecule has 1 heteroatoms. The van der Waals surface area contributed by atoms with E-state index >= 15 is 0 Å². The Hall–Kier alpha value is -0.690. The maximum atomic E-state index is 3.73. The van der Waals surface area contributed by atoms with Crippen molar-refractivity contribution in [2.24, 2.45) is 0 Å². The summed E-state index contributed by atoms with van der Waals surface area (Å²) < 4.78 is 0. The first-order valence-electron chi connectivity index (χ1n) is 4.41. The predicted molar refractivity (Wildman–Crippen MR) is 67.6 cm³/mol. The lowest BCUT2D eigenvalue weighted by atomic mass is 10.4. The molecule has 0 unspecified atom stereocenters. The van der Waals surface area contributed by atoms with Gasteiger partial charge in [-0.3, -0.25) is 0 Å². The summed E-state index contributed by atoms with van der Waals surface area (Å²) in [6.45, 7) is 9.63. The van der Waals surface area contributed by atoms with Gasteiger partial charge in [-0.05, 0) is 23.2 Å². The SMILES string of the molecule is C=CC=CC(=CC=C)S(C)(C)CC. The molecule has 0 radical (unpaired) electrons. The van der Waals surface area contributed by atoms with Crippen molar-refractivity contribution in [1.29, 1.82) is 0 Å². The van der Waals surface area contributed by atoms with Crippen LogP contribution in [0.1, 0.15) is 6.92 Å². The molecule has 13 heavy (non-hydrogen) atoms. The van der Waals surface area contributed by atoms with Gasteiger partial charge >= 0.3 is 0 Å². The average Bonchev–Trinajstić information content (AvgIpc) is 2.12. The van der Waals surface area contributed by atoms with E-state index in [0.717, 1.165) is 0 Å². The van der Waals surface area contributed by atoms with E-state index in [1.807, 2.05) is 18.2 Å². The first kappa shape index (κ1) is 12.3. The second-order valence-corrected chi connectivity index (χ2v) is 7.35. The average molecular weight is 196 g/mol. The molecule has 0 nitrogen and oxygen atoms in total. The lowest BCUT2D eigenvalue weighted by Gasteiger charge is -2.31. The molecule has 0 aliphatic carbocycles. The van der Waals surface area contributed by atoms with Crippen molar-refractivity contribution in [2.45, 2.75) is 6.92 Å². The molecule has 0 atom stereocenters. The molecule has 0 rings (SSSR count). The van der Waals surface area contributed by atoms with Gasteiger partial charge in [-0.2, -0.15) is 0 Å². The molecule has 0 saturated carbocycles. The molecule has 0 N–H and O–H groups in total. The fraction of sp³-hybridized carbons (Fsp3) is 0.333. The van der Waals surface area contributed by atoms with Gasteiger partial charge in [0.2, 0.25) is 0 Å². The van der Waals surface area contributed by atoms with Crippen molar-refractivity contribution in [3.05, 3.63) is 48.4 Å². The number of allylic oxidation sites excluding steroid dienone is 5. The van der Waals surface area contributed by atoms with Crippen LogP contribution in [-0.2, 0) is 0 Å². The Labute approximate surface area is 84.1 Å². The normalized spacial score (nSPS) is 14.5. The third kappa shape index (κ3) is 4.18. The van der Waals surface area contributed by atoms with E-state index in [9.17, 15) is 0 Å². The second-order valence-electron chi connectivity index (χ2n) is 3.23. The Morgan fingerprint density at radius 2 is 1.85 bits per heavy atom. The van der Waals surface area contributed by atoms with Crippen LogP contribution in [0.2, 0.25) is 0 Å². The molecular formula is C12H20S. The van der Waals surface area contributed by atoms with Crippen molar-refractivity contribution < 1.29 is 0 Å². The highest BCUT2D eigenvalue weighted by Gasteiger charge is 2.11. The molecule has 0 heterocycles. The molecule has 74 valence electrons. The van der Waals surface area contributed by atoms with Crippen LogP contribution in [0.5, 0.6) is 0 Å². The predicted octanol–water partition coefficient (Wildman–Crippen LogP) is 3.88. The van der Waals surface area contributed by atoms with E-state index in [0.29, 0.717) is 0 Å². The zero-order chi connectivity index (χ0) is 10.3. The van der Waals surface area contributed by atoms with Crippen molar-refractivity contribution in [1.82, 2.24) is 0 Å². The van der Waals surface area contributed by atoms with Crippen LogP contribution in [0, 0.1) is 0 Å². The van der Waals surface area contributed by atoms with Gasteiger partial charge in [0.1, 0.15) is 0 Å². The van der Waals surface area contributed by atoms with Crippen LogP contribution < -0.4 is 0 Å². The molecule has 0 aliphatic rings. The molecule has 0 amide bonds. The van der Waals surface area contributed by atoms with Crippen LogP contribution in [0.25, 0.3) is 0 Å². The summed E-state index contributed by atoms with van der Waals surface area (Å²) in [5, 5.41) is 0. The van der Waals surface area contributed by atoms with Crippen LogP contribution in [0.15, 0.2) is 48.4 Å². The summed E-state index contributed by atoms with van der Waals surface area (Å²) in [7, 11) is -0.639. The van der Waals surface area contributed by atoms with E-state index in [1.165, 1.54) is 10.7 Å². The number of rotatable bonds is 5. The lowest BCUT2D eigenvalue weighted by molar-refractivity contribution is 1.49. The van der Waals surface area contributed by atoms with Gasteiger partial charge in [0.15, 0.2) is 0 Å². The van der Waals surface area contributed by atoms with Gasteiger partial charge in [-0.25, -0.2) is 10.0 Å². The minimum atomic E-state index is -0.639. The molecule has 0 fully saturated rings. The molecule has 0 aromatic heterocycles. The summed E-state index contributed by atoms with van der Waals surface area (Å²) in [5.41, 5.74) is 0. The quantitative estimate of drug-likeness (QED) is 0.585. The minimum Gasteiger partial charge on any atom is -0.221 e. The van der Waals surface area contributed by atoms with Gasteiger partial charge in [0.05, 0.1) is 0 Å². The molecule has 0 aliphatic heterocycles. The molecule has 0 aromatic rings. The fourth-order valence-corrected chi connectivity index (χ4v) is 2.11. The Balaban J connectivity index is 4.81. The minimum absolute atomic E-state index is 0.639. The summed E-state index contributed by atoms with van der Waals surface area (Å²) in [6.07, 6.45) is 14.5. The van der Waals surface area contributed by atoms with E-state index in [1.54, 1.807) is 0 Å². The largest absolute Gasteiger partial charge is 0.221 e. The molecule has 0 aromatic carbocycles. The summed E-state index contributed by atoms with van der Waals surface area (Å²) in [4.78, 5) is 1.38. The smallest absolute Gasteiger partial charge is 0.0104 e. The van der Waals surface area contributed by atoms with E-state index in [-0.39, 0.29) is 0 Å². The first-order chi connectivity index (χ1) is 6.08. The Morgan fingerprint density at radius 1 is 1.23 bits per heavy atom. The number of hydrogen-bond acceptors (Lipinski definition) is 0. The third-order valence-corrected chi connectivity index (χ3v) is 5.03. The van der Waals surface area contributed by atoms with Crippen LogP contribution in [0.4, 0.5) is 0 Å². The van der Waals surface area contributed by atoms with E-state index < -0.39 is 10.0 Å². The van der Waals surface area contributed by atoms with Crippen molar-refractivity contribution in [2.75, 3.05) is 18.3 Å². The lowest BCUT2D eigenvalue weighted by Crippen LogP contribution is -1.99. The standard InChI is InChI=1S/C12H20S/c1-6-9-11-12(10-7-2)13(4,5)8-3/h6-7,9-11H,1-2,8H2,3-5H3. The second kappa shape index (κ2) is 5.87. The monoisotopic (exact) mass is 196 g/mol. The maximum absolute atomic E-state index is 3.73. The fourth-order valence-electron chi connectivity index (χ4n) is 0.870. The van der Waals surface area contributed by atoms with E-state index in [4.69, 9.17) is 0 Å². The van der Waals surface area contributed by atoms with E-state index in [2.05, 4.69) is 44.7 Å². The van der Waals surface area contributed by atoms with Gasteiger partial charge in [-0.15, -0.1) is 0 Å². The summed E-state index contributed by atoms with van der Waals surface area (Å²) in [5.74, 6) is 1.20. The highest BCUT2D eigenvalue weighted by Crippen LogP contribution is 2.48. The summed E-state index contributed by atoms with van der Waals surface area (Å²) >= 11 is 0. The molecule has 0 saturated heterocycles. The van der Waals surface area contributed by atoms with Crippen LogP contribution in [-0.4, -0.2) is 18.3 Å². The topological polar surface area (TPSA) is 0 Å². The van der Waals surface area contributed by atoms with Crippen molar-refractivity contribution in [3.63, 3.8) is 0 Å². The van der Waals surface area contributed by atoms with Gasteiger partial charge < -0.3 is 0 Å². The van der Waals surface area contributed by atoms with Crippen molar-refractivity contribution in [3.8, 4) is 0 Å². The maximum Gasteiger partial charge on any atom is -0.0104 e. The highest BCUT2D eigenvalue weighted by molar-refractivity contribution is 8.35. The molecular weight excluding hydrogens is 176 g/mol. The van der Waals surface area contributed by atoms with Crippen LogP contribution >= 0.6 is 10.0 Å².